The molecule has 0 unspecified atom stereocenters. The van der Waals surface area contributed by atoms with Gasteiger partial charge in [-0.2, -0.15) is 0 Å². The van der Waals surface area contributed by atoms with Gasteiger partial charge in [0.15, 0.2) is 0 Å². The average Bonchev–Trinajstić information content (AvgIpc) is 2.77. The van der Waals surface area contributed by atoms with Gasteiger partial charge in [-0.1, -0.05) is 18.1 Å². The lowest BCUT2D eigenvalue weighted by Crippen LogP contribution is -1.99. The topological polar surface area (TPSA) is 77.0 Å². The number of aryl methyl sites for hydroxylation is 2. The van der Waals surface area contributed by atoms with E-state index < -0.39 is 0 Å². The Morgan fingerprint density at radius 2 is 1.94 bits per heavy atom. The van der Waals surface area contributed by atoms with E-state index >= 15 is 0 Å². The number of hydrogen-bond donors (Lipinski definition) is 2. The fourth-order valence-electron chi connectivity index (χ4n) is 1.75. The minimum Gasteiger partial charge on any atom is -0.396 e. The average molecular weight is 240 g/mol. The zero-order valence-electron chi connectivity index (χ0n) is 10.5. The van der Waals surface area contributed by atoms with Crippen LogP contribution in [0.1, 0.15) is 44.2 Å². The quantitative estimate of drug-likeness (QED) is 0.601. The van der Waals surface area contributed by atoms with Gasteiger partial charge in [0.05, 0.1) is 5.69 Å². The summed E-state index contributed by atoms with van der Waals surface area (Å²) in [4.78, 5) is 0. The fourth-order valence-corrected chi connectivity index (χ4v) is 1.75. The van der Waals surface area contributed by atoms with Crippen LogP contribution < -0.4 is 5.73 Å². The Bertz CT molecular complexity index is 288. The summed E-state index contributed by atoms with van der Waals surface area (Å²) >= 11 is 0. The van der Waals surface area contributed by atoms with Crippen molar-refractivity contribution in [1.29, 1.82) is 0 Å². The molecule has 5 heteroatoms. The molecule has 0 radical (unpaired) electrons. The number of hydrogen-bond acceptors (Lipinski definition) is 4. The third-order valence-corrected chi connectivity index (χ3v) is 2.77. The van der Waals surface area contributed by atoms with E-state index in [1.165, 1.54) is 0 Å². The lowest BCUT2D eigenvalue weighted by atomic mass is 10.2. The molecule has 0 spiro atoms. The van der Waals surface area contributed by atoms with Crippen molar-refractivity contribution in [2.45, 2.75) is 51.5 Å². The second-order valence-corrected chi connectivity index (χ2v) is 4.36. The third-order valence-electron chi connectivity index (χ3n) is 2.77. The molecule has 0 aromatic carbocycles. The predicted octanol–water partition coefficient (Wildman–Crippen LogP) is 1.11. The highest BCUT2D eigenvalue weighted by Crippen LogP contribution is 2.04. The second kappa shape index (κ2) is 9.13. The maximum atomic E-state index is 8.65. The maximum absolute atomic E-state index is 8.65. The minimum absolute atomic E-state index is 0.300. The van der Waals surface area contributed by atoms with Crippen molar-refractivity contribution in [3.05, 3.63) is 11.9 Å². The third kappa shape index (κ3) is 6.38. The largest absolute Gasteiger partial charge is 0.396 e. The van der Waals surface area contributed by atoms with Gasteiger partial charge in [-0.3, -0.25) is 4.68 Å². The summed E-state index contributed by atoms with van der Waals surface area (Å²) in [7, 11) is 0. The van der Waals surface area contributed by atoms with Gasteiger partial charge in [0.2, 0.25) is 0 Å². The Kier molecular flexibility index (Phi) is 7.58. The van der Waals surface area contributed by atoms with Crippen LogP contribution in [-0.2, 0) is 13.0 Å². The van der Waals surface area contributed by atoms with E-state index in [4.69, 9.17) is 10.8 Å². The van der Waals surface area contributed by atoms with Crippen molar-refractivity contribution in [3.63, 3.8) is 0 Å². The van der Waals surface area contributed by atoms with Gasteiger partial charge in [-0.15, -0.1) is 5.10 Å². The summed E-state index contributed by atoms with van der Waals surface area (Å²) in [6, 6.07) is 0. The van der Waals surface area contributed by atoms with Crippen molar-refractivity contribution in [2.24, 2.45) is 5.73 Å². The lowest BCUT2D eigenvalue weighted by molar-refractivity contribution is 0.282. The number of aliphatic hydroxyl groups excluding tert-OH is 1. The molecule has 0 saturated heterocycles. The Labute approximate surface area is 103 Å². The minimum atomic E-state index is 0.300. The molecule has 1 aromatic heterocycles. The summed E-state index contributed by atoms with van der Waals surface area (Å²) in [5.74, 6) is 0. The van der Waals surface area contributed by atoms with Crippen molar-refractivity contribution in [2.75, 3.05) is 13.2 Å². The maximum Gasteiger partial charge on any atom is 0.0827 e. The molecule has 0 amide bonds. The summed E-state index contributed by atoms with van der Waals surface area (Å²) in [5.41, 5.74) is 6.51. The molecular formula is C12H24N4O. The highest BCUT2D eigenvalue weighted by molar-refractivity contribution is 4.92. The van der Waals surface area contributed by atoms with Gasteiger partial charge in [0.1, 0.15) is 0 Å². The molecule has 1 rings (SSSR count). The molecule has 0 saturated carbocycles. The molecule has 5 nitrogen and oxygen atoms in total. The van der Waals surface area contributed by atoms with E-state index in [9.17, 15) is 0 Å². The highest BCUT2D eigenvalue weighted by Gasteiger charge is 2.00. The molecule has 0 fully saturated rings. The van der Waals surface area contributed by atoms with Crippen molar-refractivity contribution in [3.8, 4) is 0 Å². The number of unbranched alkanes of at least 4 members (excludes halogenated alkanes) is 4. The number of aromatic nitrogens is 3. The van der Waals surface area contributed by atoms with Crippen LogP contribution in [-0.4, -0.2) is 33.3 Å². The van der Waals surface area contributed by atoms with Crippen LogP contribution in [0.15, 0.2) is 6.20 Å². The molecule has 0 bridgehead atoms. The molecule has 0 aliphatic carbocycles. The first-order valence-electron chi connectivity index (χ1n) is 6.56. The van der Waals surface area contributed by atoms with E-state index in [0.717, 1.165) is 63.7 Å². The van der Waals surface area contributed by atoms with Crippen LogP contribution in [0, 0.1) is 0 Å². The van der Waals surface area contributed by atoms with Crippen molar-refractivity contribution >= 4 is 0 Å². The Hall–Kier alpha value is -0.940. The summed E-state index contributed by atoms with van der Waals surface area (Å²) in [5, 5.41) is 16.9. The van der Waals surface area contributed by atoms with Gasteiger partial charge in [-0.05, 0) is 38.6 Å². The molecule has 98 valence electrons. The van der Waals surface area contributed by atoms with Gasteiger partial charge >= 0.3 is 0 Å². The van der Waals surface area contributed by atoms with Crippen LogP contribution >= 0.6 is 0 Å². The molecule has 0 aliphatic rings. The number of aliphatic hydroxyl groups is 1. The van der Waals surface area contributed by atoms with Crippen molar-refractivity contribution in [1.82, 2.24) is 15.0 Å². The van der Waals surface area contributed by atoms with E-state index in [-0.39, 0.29) is 0 Å². The molecule has 1 aromatic rings. The summed E-state index contributed by atoms with van der Waals surface area (Å²) < 4.78 is 1.91. The van der Waals surface area contributed by atoms with Crippen LogP contribution in [0.4, 0.5) is 0 Å². The van der Waals surface area contributed by atoms with Gasteiger partial charge < -0.3 is 10.8 Å². The van der Waals surface area contributed by atoms with Crippen molar-refractivity contribution < 1.29 is 5.11 Å². The Balaban J connectivity index is 2.12. The van der Waals surface area contributed by atoms with Crippen LogP contribution in [0.25, 0.3) is 0 Å². The van der Waals surface area contributed by atoms with Crippen LogP contribution in [0.5, 0.6) is 0 Å². The molecule has 0 aliphatic heterocycles. The highest BCUT2D eigenvalue weighted by atomic mass is 16.2. The normalized spacial score (nSPS) is 10.9. The molecule has 3 N–H and O–H groups in total. The molecule has 0 atom stereocenters. The Morgan fingerprint density at radius 3 is 2.71 bits per heavy atom. The first kappa shape index (κ1) is 14.1. The first-order valence-corrected chi connectivity index (χ1v) is 6.56. The van der Waals surface area contributed by atoms with Crippen LogP contribution in [0.2, 0.25) is 0 Å². The number of rotatable bonds is 10. The van der Waals surface area contributed by atoms with E-state index in [1.807, 2.05) is 10.9 Å². The fraction of sp³-hybridized carbons (Fsp3) is 0.833. The van der Waals surface area contributed by atoms with Gasteiger partial charge in [0.25, 0.3) is 0 Å². The standard InChI is InChI=1S/C12H24N4O/c13-8-4-3-7-12-11-16(15-14-12)9-5-1-2-6-10-17/h11,17H,1-10,13H2. The number of nitrogens with zero attached hydrogens (tertiary/aromatic N) is 3. The monoisotopic (exact) mass is 240 g/mol. The molecule has 1 heterocycles. The zero-order chi connectivity index (χ0) is 12.3. The van der Waals surface area contributed by atoms with E-state index in [2.05, 4.69) is 10.3 Å². The van der Waals surface area contributed by atoms with E-state index in [0.29, 0.717) is 6.61 Å². The SMILES string of the molecule is NCCCCc1cn(CCCCCCO)nn1. The summed E-state index contributed by atoms with van der Waals surface area (Å²) in [6.07, 6.45) is 9.38. The van der Waals surface area contributed by atoms with Gasteiger partial charge in [0, 0.05) is 19.3 Å². The number of nitrogens with two attached hydrogens (primary N) is 1. The molecular weight excluding hydrogens is 216 g/mol. The van der Waals surface area contributed by atoms with E-state index in [1.54, 1.807) is 0 Å². The van der Waals surface area contributed by atoms with Gasteiger partial charge in [-0.25, -0.2) is 0 Å². The smallest absolute Gasteiger partial charge is 0.0827 e. The summed E-state index contributed by atoms with van der Waals surface area (Å²) in [6.45, 7) is 1.98. The van der Waals surface area contributed by atoms with Crippen LogP contribution in [0.3, 0.4) is 0 Å². The predicted molar refractivity (Wildman–Crippen MR) is 67.6 cm³/mol. The molecule has 17 heavy (non-hydrogen) atoms. The second-order valence-electron chi connectivity index (χ2n) is 4.36. The first-order chi connectivity index (χ1) is 8.36. The Morgan fingerprint density at radius 1 is 1.12 bits per heavy atom. The lowest BCUT2D eigenvalue weighted by Gasteiger charge is -1.99. The zero-order valence-corrected chi connectivity index (χ0v) is 10.5.